The average molecular weight is 347 g/mol. The van der Waals surface area contributed by atoms with E-state index in [1.807, 2.05) is 18.2 Å². The quantitative estimate of drug-likeness (QED) is 0.907. The Bertz CT molecular complexity index is 606. The second kappa shape index (κ2) is 7.52. The van der Waals surface area contributed by atoms with Crippen molar-refractivity contribution >= 4 is 5.91 Å². The van der Waals surface area contributed by atoms with E-state index in [2.05, 4.69) is 5.32 Å². The SMILES string of the molecule is O=C(NC1CCC(Oc2ccc3c(c2)OCO3)CC1)C1CCCOC1. The monoisotopic (exact) mass is 347 g/mol. The third-order valence-electron chi connectivity index (χ3n) is 5.20. The molecule has 1 saturated heterocycles. The van der Waals surface area contributed by atoms with Gasteiger partial charge in [-0.05, 0) is 50.7 Å². The second-order valence-electron chi connectivity index (χ2n) is 7.03. The van der Waals surface area contributed by atoms with Gasteiger partial charge in [-0.25, -0.2) is 0 Å². The fourth-order valence-electron chi connectivity index (χ4n) is 3.73. The number of rotatable bonds is 4. The molecule has 1 aliphatic carbocycles. The Morgan fingerprint density at radius 2 is 1.92 bits per heavy atom. The maximum Gasteiger partial charge on any atom is 0.231 e. The fourth-order valence-corrected chi connectivity index (χ4v) is 3.73. The van der Waals surface area contributed by atoms with Crippen molar-refractivity contribution in [1.29, 1.82) is 0 Å². The number of carbonyl (C=O) groups excluding carboxylic acids is 1. The molecule has 136 valence electrons. The summed E-state index contributed by atoms with van der Waals surface area (Å²) in [5, 5.41) is 3.20. The van der Waals surface area contributed by atoms with Gasteiger partial charge >= 0.3 is 0 Å². The molecule has 1 N–H and O–H groups in total. The topological polar surface area (TPSA) is 66.0 Å². The zero-order chi connectivity index (χ0) is 17.1. The zero-order valence-corrected chi connectivity index (χ0v) is 14.4. The number of carbonyl (C=O) groups is 1. The molecule has 1 aromatic carbocycles. The smallest absolute Gasteiger partial charge is 0.231 e. The molecule has 0 bridgehead atoms. The number of hydrogen-bond acceptors (Lipinski definition) is 5. The van der Waals surface area contributed by atoms with Crippen molar-refractivity contribution in [2.24, 2.45) is 5.92 Å². The molecule has 2 aliphatic heterocycles. The molecule has 4 rings (SSSR count). The normalized spacial score (nSPS) is 28.4. The fraction of sp³-hybridized carbons (Fsp3) is 0.632. The highest BCUT2D eigenvalue weighted by Crippen LogP contribution is 2.36. The highest BCUT2D eigenvalue weighted by Gasteiger charge is 2.28. The minimum atomic E-state index is 0.0244. The highest BCUT2D eigenvalue weighted by molar-refractivity contribution is 5.79. The minimum Gasteiger partial charge on any atom is -0.490 e. The lowest BCUT2D eigenvalue weighted by atomic mass is 9.92. The van der Waals surface area contributed by atoms with Gasteiger partial charge < -0.3 is 24.3 Å². The van der Waals surface area contributed by atoms with Crippen LogP contribution in [0.4, 0.5) is 0 Å². The van der Waals surface area contributed by atoms with Crippen molar-refractivity contribution in [3.63, 3.8) is 0 Å². The molecule has 6 nitrogen and oxygen atoms in total. The van der Waals surface area contributed by atoms with E-state index < -0.39 is 0 Å². The van der Waals surface area contributed by atoms with Crippen LogP contribution in [-0.2, 0) is 9.53 Å². The van der Waals surface area contributed by atoms with E-state index in [1.54, 1.807) is 0 Å². The largest absolute Gasteiger partial charge is 0.490 e. The number of nitrogens with one attached hydrogen (secondary N) is 1. The summed E-state index contributed by atoms with van der Waals surface area (Å²) < 4.78 is 22.2. The number of ether oxygens (including phenoxy) is 4. The van der Waals surface area contributed by atoms with Gasteiger partial charge in [0.2, 0.25) is 12.7 Å². The molecule has 0 aromatic heterocycles. The molecule has 6 heteroatoms. The first-order valence-corrected chi connectivity index (χ1v) is 9.22. The Kier molecular flexibility index (Phi) is 4.97. The van der Waals surface area contributed by atoms with Crippen LogP contribution in [0.1, 0.15) is 38.5 Å². The zero-order valence-electron chi connectivity index (χ0n) is 14.4. The summed E-state index contributed by atoms with van der Waals surface area (Å²) in [5.74, 6) is 2.51. The van der Waals surface area contributed by atoms with E-state index in [4.69, 9.17) is 18.9 Å². The van der Waals surface area contributed by atoms with E-state index in [1.165, 1.54) is 0 Å². The number of benzene rings is 1. The summed E-state index contributed by atoms with van der Waals surface area (Å²) in [4.78, 5) is 12.3. The maximum absolute atomic E-state index is 12.3. The molecular formula is C19H25NO5. The molecule has 1 saturated carbocycles. The van der Waals surface area contributed by atoms with Crippen molar-refractivity contribution in [2.45, 2.75) is 50.7 Å². The molecule has 1 unspecified atom stereocenters. The first-order chi connectivity index (χ1) is 12.3. The van der Waals surface area contributed by atoms with Gasteiger partial charge in [-0.1, -0.05) is 0 Å². The van der Waals surface area contributed by atoms with Gasteiger partial charge in [0.05, 0.1) is 18.6 Å². The Morgan fingerprint density at radius 1 is 1.08 bits per heavy atom. The minimum absolute atomic E-state index is 0.0244. The van der Waals surface area contributed by atoms with E-state index in [0.29, 0.717) is 6.61 Å². The van der Waals surface area contributed by atoms with Gasteiger partial charge in [0.15, 0.2) is 11.5 Å². The van der Waals surface area contributed by atoms with E-state index in [-0.39, 0.29) is 30.8 Å². The average Bonchev–Trinajstić information content (AvgIpc) is 3.12. The molecule has 1 aromatic rings. The molecule has 2 fully saturated rings. The van der Waals surface area contributed by atoms with Gasteiger partial charge in [0.1, 0.15) is 5.75 Å². The van der Waals surface area contributed by atoms with E-state index >= 15 is 0 Å². The van der Waals surface area contributed by atoms with Gasteiger partial charge in [0.25, 0.3) is 0 Å². The second-order valence-corrected chi connectivity index (χ2v) is 7.03. The lowest BCUT2D eigenvalue weighted by molar-refractivity contribution is -0.130. The Labute approximate surface area is 147 Å². The van der Waals surface area contributed by atoms with Crippen LogP contribution >= 0.6 is 0 Å². The number of amides is 1. The molecule has 0 radical (unpaired) electrons. The van der Waals surface area contributed by atoms with Gasteiger partial charge in [-0.15, -0.1) is 0 Å². The van der Waals surface area contributed by atoms with Gasteiger partial charge in [-0.3, -0.25) is 4.79 Å². The summed E-state index contributed by atoms with van der Waals surface area (Å²) in [6.45, 7) is 1.62. The van der Waals surface area contributed by atoms with Crippen molar-refractivity contribution in [1.82, 2.24) is 5.32 Å². The third-order valence-corrected chi connectivity index (χ3v) is 5.20. The first-order valence-electron chi connectivity index (χ1n) is 9.22. The predicted molar refractivity (Wildman–Crippen MR) is 90.9 cm³/mol. The molecule has 1 atom stereocenters. The van der Waals surface area contributed by atoms with Crippen molar-refractivity contribution in [2.75, 3.05) is 20.0 Å². The van der Waals surface area contributed by atoms with E-state index in [9.17, 15) is 4.79 Å². The van der Waals surface area contributed by atoms with Crippen molar-refractivity contribution in [3.05, 3.63) is 18.2 Å². The molecule has 3 aliphatic rings. The Balaban J connectivity index is 1.23. The van der Waals surface area contributed by atoms with Gasteiger partial charge in [-0.2, -0.15) is 0 Å². The van der Waals surface area contributed by atoms with Gasteiger partial charge in [0, 0.05) is 18.7 Å². The summed E-state index contributed by atoms with van der Waals surface area (Å²) in [6.07, 6.45) is 5.90. The standard InChI is InChI=1S/C19H25NO5/c21-19(13-2-1-9-22-11-13)20-14-3-5-15(6-4-14)25-16-7-8-17-18(10-16)24-12-23-17/h7-8,10,13-15H,1-6,9,11-12H2,(H,20,21). The summed E-state index contributed by atoms with van der Waals surface area (Å²) in [7, 11) is 0. The van der Waals surface area contributed by atoms with Crippen LogP contribution in [0.3, 0.4) is 0 Å². The molecular weight excluding hydrogens is 322 g/mol. The highest BCUT2D eigenvalue weighted by atomic mass is 16.7. The van der Waals surface area contributed by atoms with E-state index in [0.717, 1.165) is 62.4 Å². The summed E-state index contributed by atoms with van der Waals surface area (Å²) in [6, 6.07) is 5.95. The Hall–Kier alpha value is -1.95. The maximum atomic E-state index is 12.3. The van der Waals surface area contributed by atoms with Crippen LogP contribution in [-0.4, -0.2) is 38.1 Å². The molecule has 25 heavy (non-hydrogen) atoms. The predicted octanol–water partition coefficient (Wildman–Crippen LogP) is 2.65. The molecule has 2 heterocycles. The Morgan fingerprint density at radius 3 is 2.72 bits per heavy atom. The third kappa shape index (κ3) is 4.00. The summed E-state index contributed by atoms with van der Waals surface area (Å²) >= 11 is 0. The summed E-state index contributed by atoms with van der Waals surface area (Å²) in [5.41, 5.74) is 0. The number of fused-ring (bicyclic) bond motifs is 1. The van der Waals surface area contributed by atoms with Crippen molar-refractivity contribution < 1.29 is 23.7 Å². The van der Waals surface area contributed by atoms with Crippen LogP contribution in [0.15, 0.2) is 18.2 Å². The first kappa shape index (κ1) is 16.5. The lowest BCUT2D eigenvalue weighted by Crippen LogP contribution is -2.44. The van der Waals surface area contributed by atoms with Crippen LogP contribution in [0.25, 0.3) is 0 Å². The molecule has 0 spiro atoms. The van der Waals surface area contributed by atoms with Crippen LogP contribution in [0, 0.1) is 5.92 Å². The number of hydrogen-bond donors (Lipinski definition) is 1. The van der Waals surface area contributed by atoms with Crippen molar-refractivity contribution in [3.8, 4) is 17.2 Å². The van der Waals surface area contributed by atoms with Crippen LogP contribution in [0.2, 0.25) is 0 Å². The van der Waals surface area contributed by atoms with Crippen LogP contribution < -0.4 is 19.5 Å². The lowest BCUT2D eigenvalue weighted by Gasteiger charge is -2.31. The molecule has 1 amide bonds. The van der Waals surface area contributed by atoms with Crippen LogP contribution in [0.5, 0.6) is 17.2 Å².